The summed E-state index contributed by atoms with van der Waals surface area (Å²) in [5, 5.41) is 2.85. The lowest BCUT2D eigenvalue weighted by molar-refractivity contribution is 0.102. The van der Waals surface area contributed by atoms with Crippen LogP contribution in [-0.2, 0) is 0 Å². The SMILES string of the molecule is CCCCN(CC)c1ccc(C(=O)Nc2ccccc2N)cc1. The highest BCUT2D eigenvalue weighted by Gasteiger charge is 2.09. The molecule has 0 unspecified atom stereocenters. The molecular formula is C19H25N3O. The van der Waals surface area contributed by atoms with Crippen molar-refractivity contribution in [2.24, 2.45) is 0 Å². The second-order valence-electron chi connectivity index (χ2n) is 5.52. The first-order valence-corrected chi connectivity index (χ1v) is 8.16. The van der Waals surface area contributed by atoms with Crippen molar-refractivity contribution >= 4 is 23.0 Å². The lowest BCUT2D eigenvalue weighted by Crippen LogP contribution is -2.23. The van der Waals surface area contributed by atoms with Crippen LogP contribution in [0.15, 0.2) is 48.5 Å². The quantitative estimate of drug-likeness (QED) is 0.755. The number of unbranched alkanes of at least 4 members (excludes halogenated alkanes) is 1. The number of hydrogen-bond donors (Lipinski definition) is 2. The van der Waals surface area contributed by atoms with Gasteiger partial charge in [-0.05, 0) is 49.7 Å². The van der Waals surface area contributed by atoms with Crippen LogP contribution in [-0.4, -0.2) is 19.0 Å². The van der Waals surface area contributed by atoms with Crippen LogP contribution >= 0.6 is 0 Å². The largest absolute Gasteiger partial charge is 0.397 e. The molecule has 0 heterocycles. The molecule has 0 fully saturated rings. The predicted octanol–water partition coefficient (Wildman–Crippen LogP) is 4.15. The fourth-order valence-electron chi connectivity index (χ4n) is 2.45. The van der Waals surface area contributed by atoms with Gasteiger partial charge in [-0.15, -0.1) is 0 Å². The molecule has 0 saturated carbocycles. The molecule has 23 heavy (non-hydrogen) atoms. The fraction of sp³-hybridized carbons (Fsp3) is 0.316. The molecule has 0 radical (unpaired) electrons. The molecule has 0 aliphatic rings. The number of amides is 1. The van der Waals surface area contributed by atoms with Crippen molar-refractivity contribution in [1.82, 2.24) is 0 Å². The number of carbonyl (C=O) groups is 1. The molecule has 0 spiro atoms. The molecular weight excluding hydrogens is 286 g/mol. The Balaban J connectivity index is 2.06. The first-order valence-electron chi connectivity index (χ1n) is 8.16. The van der Waals surface area contributed by atoms with Crippen LogP contribution in [0.1, 0.15) is 37.0 Å². The number of nitrogens with two attached hydrogens (primary N) is 1. The van der Waals surface area contributed by atoms with Crippen molar-refractivity contribution in [3.8, 4) is 0 Å². The maximum absolute atomic E-state index is 12.3. The summed E-state index contributed by atoms with van der Waals surface area (Å²) in [6.45, 7) is 6.34. The molecule has 4 nitrogen and oxygen atoms in total. The summed E-state index contributed by atoms with van der Waals surface area (Å²) in [6.07, 6.45) is 2.35. The van der Waals surface area contributed by atoms with Gasteiger partial charge in [-0.3, -0.25) is 4.79 Å². The van der Waals surface area contributed by atoms with Crippen LogP contribution in [0.3, 0.4) is 0 Å². The maximum Gasteiger partial charge on any atom is 0.255 e. The van der Waals surface area contributed by atoms with Gasteiger partial charge in [-0.2, -0.15) is 0 Å². The number of nitrogens with zero attached hydrogens (tertiary/aromatic N) is 1. The second-order valence-corrected chi connectivity index (χ2v) is 5.52. The molecule has 2 aromatic rings. The number of hydrogen-bond acceptors (Lipinski definition) is 3. The Morgan fingerprint density at radius 2 is 1.78 bits per heavy atom. The Labute approximate surface area is 138 Å². The van der Waals surface area contributed by atoms with E-state index in [9.17, 15) is 4.79 Å². The minimum atomic E-state index is -0.147. The van der Waals surface area contributed by atoms with Gasteiger partial charge in [0.25, 0.3) is 5.91 Å². The van der Waals surface area contributed by atoms with E-state index in [0.29, 0.717) is 16.9 Å². The van der Waals surface area contributed by atoms with Crippen molar-refractivity contribution in [1.29, 1.82) is 0 Å². The molecule has 122 valence electrons. The van der Waals surface area contributed by atoms with Gasteiger partial charge in [0.05, 0.1) is 11.4 Å². The third-order valence-electron chi connectivity index (χ3n) is 3.87. The maximum atomic E-state index is 12.3. The van der Waals surface area contributed by atoms with E-state index in [1.165, 1.54) is 12.8 Å². The molecule has 0 aliphatic carbocycles. The average Bonchev–Trinajstić information content (AvgIpc) is 2.58. The van der Waals surface area contributed by atoms with Crippen LogP contribution in [0, 0.1) is 0 Å². The van der Waals surface area contributed by atoms with E-state index >= 15 is 0 Å². The number of benzene rings is 2. The van der Waals surface area contributed by atoms with Crippen LogP contribution < -0.4 is 16.0 Å². The zero-order valence-corrected chi connectivity index (χ0v) is 13.9. The Morgan fingerprint density at radius 3 is 2.39 bits per heavy atom. The summed E-state index contributed by atoms with van der Waals surface area (Å²) in [4.78, 5) is 14.6. The number of rotatable bonds is 7. The zero-order valence-electron chi connectivity index (χ0n) is 13.9. The van der Waals surface area contributed by atoms with Gasteiger partial charge in [0.2, 0.25) is 0 Å². The number of para-hydroxylation sites is 2. The summed E-state index contributed by atoms with van der Waals surface area (Å²) >= 11 is 0. The molecule has 4 heteroatoms. The molecule has 2 aromatic carbocycles. The average molecular weight is 311 g/mol. The van der Waals surface area contributed by atoms with Gasteiger partial charge < -0.3 is 16.0 Å². The molecule has 3 N–H and O–H groups in total. The van der Waals surface area contributed by atoms with Crippen molar-refractivity contribution < 1.29 is 4.79 Å². The number of nitrogen functional groups attached to an aromatic ring is 1. The Kier molecular flexibility index (Phi) is 6.03. The van der Waals surface area contributed by atoms with E-state index in [-0.39, 0.29) is 5.91 Å². The van der Waals surface area contributed by atoms with Crippen molar-refractivity contribution in [3.05, 3.63) is 54.1 Å². The molecule has 0 aromatic heterocycles. The second kappa shape index (κ2) is 8.22. The summed E-state index contributed by atoms with van der Waals surface area (Å²) in [6, 6.07) is 15.0. The fourth-order valence-corrected chi connectivity index (χ4v) is 2.45. The highest BCUT2D eigenvalue weighted by molar-refractivity contribution is 6.05. The minimum Gasteiger partial charge on any atom is -0.397 e. The Morgan fingerprint density at radius 1 is 1.09 bits per heavy atom. The van der Waals surface area contributed by atoms with Gasteiger partial charge in [-0.25, -0.2) is 0 Å². The van der Waals surface area contributed by atoms with E-state index in [1.807, 2.05) is 36.4 Å². The Hall–Kier alpha value is -2.49. The van der Waals surface area contributed by atoms with E-state index in [4.69, 9.17) is 5.73 Å². The van der Waals surface area contributed by atoms with E-state index in [2.05, 4.69) is 24.1 Å². The lowest BCUT2D eigenvalue weighted by atomic mass is 10.1. The summed E-state index contributed by atoms with van der Waals surface area (Å²) in [5.41, 5.74) is 8.83. The highest BCUT2D eigenvalue weighted by Crippen LogP contribution is 2.20. The summed E-state index contributed by atoms with van der Waals surface area (Å²) < 4.78 is 0. The van der Waals surface area contributed by atoms with E-state index in [1.54, 1.807) is 12.1 Å². The highest BCUT2D eigenvalue weighted by atomic mass is 16.1. The molecule has 0 bridgehead atoms. The normalized spacial score (nSPS) is 10.3. The molecule has 0 atom stereocenters. The Bertz CT molecular complexity index is 637. The van der Waals surface area contributed by atoms with Crippen molar-refractivity contribution in [3.63, 3.8) is 0 Å². The third kappa shape index (κ3) is 4.49. The van der Waals surface area contributed by atoms with Gasteiger partial charge in [0, 0.05) is 24.3 Å². The van der Waals surface area contributed by atoms with Crippen LogP contribution in [0.25, 0.3) is 0 Å². The molecule has 0 saturated heterocycles. The number of nitrogens with one attached hydrogen (secondary N) is 1. The standard InChI is InChI=1S/C19H25N3O/c1-3-5-14-22(4-2)16-12-10-15(11-13-16)19(23)21-18-9-7-6-8-17(18)20/h6-13H,3-5,14,20H2,1-2H3,(H,21,23). The molecule has 2 rings (SSSR count). The van der Waals surface area contributed by atoms with Crippen LogP contribution in [0.5, 0.6) is 0 Å². The minimum absolute atomic E-state index is 0.147. The third-order valence-corrected chi connectivity index (χ3v) is 3.87. The number of carbonyl (C=O) groups excluding carboxylic acids is 1. The van der Waals surface area contributed by atoms with Crippen molar-refractivity contribution in [2.45, 2.75) is 26.7 Å². The molecule has 1 amide bonds. The lowest BCUT2D eigenvalue weighted by Gasteiger charge is -2.23. The monoisotopic (exact) mass is 311 g/mol. The van der Waals surface area contributed by atoms with Gasteiger partial charge in [-0.1, -0.05) is 25.5 Å². The zero-order chi connectivity index (χ0) is 16.7. The smallest absolute Gasteiger partial charge is 0.255 e. The van der Waals surface area contributed by atoms with E-state index < -0.39 is 0 Å². The van der Waals surface area contributed by atoms with Gasteiger partial charge in [0.1, 0.15) is 0 Å². The van der Waals surface area contributed by atoms with E-state index in [0.717, 1.165) is 18.8 Å². The number of anilines is 3. The van der Waals surface area contributed by atoms with Gasteiger partial charge in [0.15, 0.2) is 0 Å². The first-order chi connectivity index (χ1) is 11.2. The van der Waals surface area contributed by atoms with Crippen molar-refractivity contribution in [2.75, 3.05) is 29.0 Å². The predicted molar refractivity (Wildman–Crippen MR) is 98.0 cm³/mol. The van der Waals surface area contributed by atoms with Crippen LogP contribution in [0.2, 0.25) is 0 Å². The summed E-state index contributed by atoms with van der Waals surface area (Å²) in [7, 11) is 0. The molecule has 0 aliphatic heterocycles. The topological polar surface area (TPSA) is 58.4 Å². The summed E-state index contributed by atoms with van der Waals surface area (Å²) in [5.74, 6) is -0.147. The van der Waals surface area contributed by atoms with Crippen LogP contribution in [0.4, 0.5) is 17.1 Å². The van der Waals surface area contributed by atoms with Gasteiger partial charge >= 0.3 is 0 Å². The first kappa shape index (κ1) is 16.9.